The van der Waals surface area contributed by atoms with Crippen LogP contribution in [-0.4, -0.2) is 25.4 Å². The molecule has 0 aliphatic carbocycles. The topological polar surface area (TPSA) is 67.5 Å². The molecule has 5 heteroatoms. The average Bonchev–Trinajstić information content (AvgIpc) is 2.82. The zero-order valence-corrected chi connectivity index (χ0v) is 11.0. The number of nitrogens with zero attached hydrogens (tertiary/aromatic N) is 3. The molecule has 0 amide bonds. The van der Waals surface area contributed by atoms with Gasteiger partial charge in [0, 0.05) is 29.5 Å². The van der Waals surface area contributed by atoms with Crippen LogP contribution >= 0.6 is 0 Å². The molecule has 0 radical (unpaired) electrons. The fourth-order valence-corrected chi connectivity index (χ4v) is 2.75. The third kappa shape index (κ3) is 1.82. The summed E-state index contributed by atoms with van der Waals surface area (Å²) < 4.78 is 1.96. The number of rotatable bonds is 2. The van der Waals surface area contributed by atoms with Gasteiger partial charge in [-0.25, -0.2) is 4.98 Å². The van der Waals surface area contributed by atoms with Crippen molar-refractivity contribution < 1.29 is 9.90 Å². The summed E-state index contributed by atoms with van der Waals surface area (Å²) in [5, 5.41) is 9.99. The highest BCUT2D eigenvalue weighted by molar-refractivity contribution is 6.01. The Morgan fingerprint density at radius 2 is 2.24 bits per heavy atom. The first-order chi connectivity index (χ1) is 10.2. The Hall–Kier alpha value is -2.95. The molecular formula is C16H11N3O2. The third-order valence-electron chi connectivity index (χ3n) is 3.63. The van der Waals surface area contributed by atoms with Crippen LogP contribution < -0.4 is 0 Å². The zero-order chi connectivity index (χ0) is 14.4. The molecule has 5 nitrogen and oxygen atoms in total. The molecule has 2 aromatic rings. The van der Waals surface area contributed by atoms with Crippen LogP contribution in [0.4, 0.5) is 0 Å². The SMILES string of the molecule is O=C(O)Cc1cccc2nc3cn4ccncc4cc-3c12. The molecule has 0 unspecified atom stereocenters. The van der Waals surface area contributed by atoms with E-state index in [0.717, 1.165) is 33.2 Å². The van der Waals surface area contributed by atoms with Gasteiger partial charge in [0.25, 0.3) is 0 Å². The van der Waals surface area contributed by atoms with Gasteiger partial charge in [0.2, 0.25) is 0 Å². The second-order valence-corrected chi connectivity index (χ2v) is 4.97. The van der Waals surface area contributed by atoms with Crippen LogP contribution in [0.2, 0.25) is 0 Å². The standard InChI is InChI=1S/C16H11N3O2/c20-15(21)6-10-2-1-3-13-16(10)12-7-11-8-17-4-5-19(11)9-14(12)18-13/h1-5,7-9H,6H2,(H,20,21). The molecule has 0 saturated carbocycles. The molecule has 4 rings (SSSR count). The van der Waals surface area contributed by atoms with Crippen molar-refractivity contribution in [3.63, 3.8) is 0 Å². The number of fused-ring (bicyclic) bond motifs is 4. The van der Waals surface area contributed by atoms with E-state index in [1.54, 1.807) is 12.4 Å². The third-order valence-corrected chi connectivity index (χ3v) is 3.63. The molecule has 21 heavy (non-hydrogen) atoms. The second-order valence-electron chi connectivity index (χ2n) is 4.97. The monoisotopic (exact) mass is 277 g/mol. The lowest BCUT2D eigenvalue weighted by Crippen LogP contribution is -2.00. The first-order valence-corrected chi connectivity index (χ1v) is 6.57. The van der Waals surface area contributed by atoms with Crippen LogP contribution in [0.25, 0.3) is 27.7 Å². The smallest absolute Gasteiger partial charge is 0.307 e. The van der Waals surface area contributed by atoms with E-state index in [2.05, 4.69) is 9.97 Å². The van der Waals surface area contributed by atoms with E-state index in [1.165, 1.54) is 0 Å². The summed E-state index contributed by atoms with van der Waals surface area (Å²) in [4.78, 5) is 19.8. The molecule has 1 N–H and O–H groups in total. The van der Waals surface area contributed by atoms with Crippen molar-refractivity contribution in [1.82, 2.24) is 14.4 Å². The van der Waals surface area contributed by atoms with Crippen LogP contribution in [0.1, 0.15) is 5.56 Å². The van der Waals surface area contributed by atoms with Crippen LogP contribution in [-0.2, 0) is 11.2 Å². The summed E-state index contributed by atoms with van der Waals surface area (Å²) in [5.74, 6) is -0.839. The lowest BCUT2D eigenvalue weighted by atomic mass is 10.0. The van der Waals surface area contributed by atoms with Crippen molar-refractivity contribution in [1.29, 1.82) is 0 Å². The maximum Gasteiger partial charge on any atom is 0.307 e. The lowest BCUT2D eigenvalue weighted by molar-refractivity contribution is -0.136. The summed E-state index contributed by atoms with van der Waals surface area (Å²) in [5.41, 5.74) is 4.38. The molecule has 1 aromatic carbocycles. The van der Waals surface area contributed by atoms with E-state index in [0.29, 0.717) is 0 Å². The van der Waals surface area contributed by atoms with Crippen molar-refractivity contribution in [3.05, 3.63) is 54.6 Å². The normalized spacial score (nSPS) is 11.4. The second kappa shape index (κ2) is 4.28. The number of carboxylic acid groups (broad SMARTS) is 1. The quantitative estimate of drug-likeness (QED) is 0.611. The van der Waals surface area contributed by atoms with E-state index >= 15 is 0 Å². The Morgan fingerprint density at radius 3 is 3.10 bits per heavy atom. The maximum absolute atomic E-state index is 11.0. The molecule has 0 fully saturated rings. The number of benzene rings is 1. The van der Waals surface area contributed by atoms with E-state index in [-0.39, 0.29) is 6.42 Å². The first-order valence-electron chi connectivity index (χ1n) is 6.57. The highest BCUT2D eigenvalue weighted by Gasteiger charge is 2.17. The van der Waals surface area contributed by atoms with Crippen LogP contribution in [0, 0.1) is 0 Å². The van der Waals surface area contributed by atoms with Crippen LogP contribution in [0.5, 0.6) is 0 Å². The average molecular weight is 277 g/mol. The minimum absolute atomic E-state index is 0.00362. The number of pyridine rings is 1. The lowest BCUT2D eigenvalue weighted by Gasteiger charge is -2.06. The largest absolute Gasteiger partial charge is 0.481 e. The fourth-order valence-electron chi connectivity index (χ4n) is 2.75. The van der Waals surface area contributed by atoms with Gasteiger partial charge in [-0.05, 0) is 17.7 Å². The number of aromatic nitrogens is 3. The molecule has 0 atom stereocenters. The first kappa shape index (κ1) is 11.8. The van der Waals surface area contributed by atoms with Crippen molar-refractivity contribution in [2.75, 3.05) is 0 Å². The number of carboxylic acids is 1. The molecule has 102 valence electrons. The molecule has 0 saturated heterocycles. The van der Waals surface area contributed by atoms with Crippen LogP contribution in [0.15, 0.2) is 49.1 Å². The summed E-state index contributed by atoms with van der Waals surface area (Å²) in [6, 6.07) is 7.61. The van der Waals surface area contributed by atoms with Crippen molar-refractivity contribution in [3.8, 4) is 11.3 Å². The molecular weight excluding hydrogens is 266 g/mol. The van der Waals surface area contributed by atoms with E-state index in [1.807, 2.05) is 41.1 Å². The Kier molecular flexibility index (Phi) is 2.41. The predicted octanol–water partition coefficient (Wildman–Crippen LogP) is 2.61. The molecule has 0 bridgehead atoms. The molecule has 2 aliphatic heterocycles. The van der Waals surface area contributed by atoms with Gasteiger partial charge in [-0.3, -0.25) is 9.78 Å². The van der Waals surface area contributed by atoms with Gasteiger partial charge in [-0.15, -0.1) is 0 Å². The molecule has 1 aromatic heterocycles. The van der Waals surface area contributed by atoms with Gasteiger partial charge in [-0.1, -0.05) is 12.1 Å². The highest BCUT2D eigenvalue weighted by atomic mass is 16.4. The summed E-state index contributed by atoms with van der Waals surface area (Å²) in [6.45, 7) is 0. The van der Waals surface area contributed by atoms with Gasteiger partial charge in [0.1, 0.15) is 0 Å². The molecule has 3 heterocycles. The Labute approximate surface area is 119 Å². The Balaban J connectivity index is 2.10. The number of hydrogen-bond donors (Lipinski definition) is 1. The van der Waals surface area contributed by atoms with E-state index in [9.17, 15) is 4.79 Å². The zero-order valence-electron chi connectivity index (χ0n) is 11.0. The molecule has 0 spiro atoms. The van der Waals surface area contributed by atoms with Gasteiger partial charge >= 0.3 is 5.97 Å². The minimum Gasteiger partial charge on any atom is -0.481 e. The van der Waals surface area contributed by atoms with Gasteiger partial charge in [0.15, 0.2) is 0 Å². The number of aliphatic carboxylic acids is 1. The van der Waals surface area contributed by atoms with Gasteiger partial charge in [0.05, 0.1) is 29.3 Å². The summed E-state index contributed by atoms with van der Waals surface area (Å²) in [7, 11) is 0. The maximum atomic E-state index is 11.0. The Morgan fingerprint density at radius 1 is 1.33 bits per heavy atom. The highest BCUT2D eigenvalue weighted by Crippen LogP contribution is 2.34. The summed E-state index contributed by atoms with van der Waals surface area (Å²) in [6.07, 6.45) is 7.30. The van der Waals surface area contributed by atoms with E-state index in [4.69, 9.17) is 5.11 Å². The molecule has 2 aliphatic rings. The van der Waals surface area contributed by atoms with Crippen molar-refractivity contribution in [2.24, 2.45) is 0 Å². The van der Waals surface area contributed by atoms with Crippen molar-refractivity contribution in [2.45, 2.75) is 6.42 Å². The number of carbonyl (C=O) groups is 1. The van der Waals surface area contributed by atoms with Gasteiger partial charge < -0.3 is 9.51 Å². The minimum atomic E-state index is -0.839. The van der Waals surface area contributed by atoms with Crippen molar-refractivity contribution >= 4 is 22.4 Å². The van der Waals surface area contributed by atoms with Gasteiger partial charge in [-0.2, -0.15) is 0 Å². The number of hydrogen-bond acceptors (Lipinski definition) is 3. The van der Waals surface area contributed by atoms with E-state index < -0.39 is 5.97 Å². The Bertz CT molecular complexity index is 958. The van der Waals surface area contributed by atoms with Crippen LogP contribution in [0.3, 0.4) is 0 Å². The fraction of sp³-hybridized carbons (Fsp3) is 0.0625. The predicted molar refractivity (Wildman–Crippen MR) is 78.5 cm³/mol. The summed E-state index contributed by atoms with van der Waals surface area (Å²) >= 11 is 0.